The van der Waals surface area contributed by atoms with Gasteiger partial charge in [0.1, 0.15) is 17.1 Å². The summed E-state index contributed by atoms with van der Waals surface area (Å²) in [5.41, 5.74) is 0.696. The minimum absolute atomic E-state index is 0.243. The first-order valence-electron chi connectivity index (χ1n) is 8.59. The number of benzene rings is 2. The third-order valence-electron chi connectivity index (χ3n) is 4.17. The van der Waals surface area contributed by atoms with E-state index in [0.29, 0.717) is 45.3 Å². The van der Waals surface area contributed by atoms with Gasteiger partial charge in [0.05, 0.1) is 26.7 Å². The zero-order valence-corrected chi connectivity index (χ0v) is 16.0. The van der Waals surface area contributed by atoms with Gasteiger partial charge in [-0.3, -0.25) is 9.59 Å². The number of fused-ring (bicyclic) bond motifs is 1. The zero-order chi connectivity index (χ0) is 20.3. The van der Waals surface area contributed by atoms with Crippen molar-refractivity contribution in [1.29, 1.82) is 0 Å². The summed E-state index contributed by atoms with van der Waals surface area (Å²) < 4.78 is 27.1. The maximum Gasteiger partial charge on any atom is 0.310 e. The van der Waals surface area contributed by atoms with Gasteiger partial charge in [0.2, 0.25) is 5.75 Å². The molecule has 7 nitrogen and oxygen atoms in total. The summed E-state index contributed by atoms with van der Waals surface area (Å²) in [6, 6.07) is 9.43. The standard InChI is InChI=1S/C21H20O7/c1-5-20(23)27-13-6-7-16-14(10-13)15(22)11-17(28-16)12-8-18(24-2)21(26-4)19(9-12)25-3/h6-11H,5H2,1-4H3. The van der Waals surface area contributed by atoms with Crippen molar-refractivity contribution >= 4 is 16.9 Å². The van der Waals surface area contributed by atoms with Crippen LogP contribution in [0.4, 0.5) is 0 Å². The zero-order valence-electron chi connectivity index (χ0n) is 16.0. The van der Waals surface area contributed by atoms with Crippen molar-refractivity contribution in [2.45, 2.75) is 13.3 Å². The van der Waals surface area contributed by atoms with E-state index in [1.54, 1.807) is 31.2 Å². The lowest BCUT2D eigenvalue weighted by Crippen LogP contribution is -2.06. The van der Waals surface area contributed by atoms with E-state index in [2.05, 4.69) is 0 Å². The Morgan fingerprint density at radius 3 is 2.21 bits per heavy atom. The van der Waals surface area contributed by atoms with Gasteiger partial charge in [-0.15, -0.1) is 0 Å². The van der Waals surface area contributed by atoms with Gasteiger partial charge < -0.3 is 23.4 Å². The lowest BCUT2D eigenvalue weighted by atomic mass is 10.1. The Morgan fingerprint density at radius 2 is 1.64 bits per heavy atom. The van der Waals surface area contributed by atoms with Crippen LogP contribution in [0.25, 0.3) is 22.3 Å². The molecule has 0 aliphatic rings. The molecule has 7 heteroatoms. The number of carbonyl (C=O) groups is 1. The fourth-order valence-electron chi connectivity index (χ4n) is 2.77. The van der Waals surface area contributed by atoms with Crippen molar-refractivity contribution in [3.05, 3.63) is 46.6 Å². The fourth-order valence-corrected chi connectivity index (χ4v) is 2.77. The number of hydrogen-bond acceptors (Lipinski definition) is 7. The highest BCUT2D eigenvalue weighted by Gasteiger charge is 2.16. The Kier molecular flexibility index (Phi) is 5.54. The van der Waals surface area contributed by atoms with Crippen LogP contribution in [0.3, 0.4) is 0 Å². The van der Waals surface area contributed by atoms with Crippen molar-refractivity contribution in [2.75, 3.05) is 21.3 Å². The predicted octanol–water partition coefficient (Wildman–Crippen LogP) is 3.80. The molecule has 0 aliphatic carbocycles. The molecule has 28 heavy (non-hydrogen) atoms. The van der Waals surface area contributed by atoms with Crippen molar-refractivity contribution in [2.24, 2.45) is 0 Å². The highest BCUT2D eigenvalue weighted by molar-refractivity contribution is 5.82. The van der Waals surface area contributed by atoms with Gasteiger partial charge in [-0.05, 0) is 30.3 Å². The monoisotopic (exact) mass is 384 g/mol. The van der Waals surface area contributed by atoms with E-state index in [1.807, 2.05) is 0 Å². The molecule has 0 unspecified atom stereocenters. The average molecular weight is 384 g/mol. The maximum absolute atomic E-state index is 12.6. The second-order valence-corrected chi connectivity index (χ2v) is 5.87. The molecule has 0 amide bonds. The van der Waals surface area contributed by atoms with E-state index in [1.165, 1.54) is 33.5 Å². The number of methoxy groups -OCH3 is 3. The van der Waals surface area contributed by atoms with Crippen LogP contribution in [0.2, 0.25) is 0 Å². The van der Waals surface area contributed by atoms with Gasteiger partial charge in [0, 0.05) is 18.1 Å². The van der Waals surface area contributed by atoms with Gasteiger partial charge in [-0.1, -0.05) is 6.92 Å². The molecule has 0 atom stereocenters. The fraction of sp³-hybridized carbons (Fsp3) is 0.238. The van der Waals surface area contributed by atoms with E-state index in [4.69, 9.17) is 23.4 Å². The Labute approximate surface area is 161 Å². The average Bonchev–Trinajstić information content (AvgIpc) is 2.72. The highest BCUT2D eigenvalue weighted by atomic mass is 16.5. The summed E-state index contributed by atoms with van der Waals surface area (Å²) in [4.78, 5) is 24.1. The Bertz CT molecular complexity index is 1060. The van der Waals surface area contributed by atoms with Gasteiger partial charge in [0.15, 0.2) is 16.9 Å². The van der Waals surface area contributed by atoms with Crippen LogP contribution in [0, 0.1) is 0 Å². The molecule has 0 spiro atoms. The van der Waals surface area contributed by atoms with Gasteiger partial charge in [0.25, 0.3) is 0 Å². The maximum atomic E-state index is 12.6. The van der Waals surface area contributed by atoms with Gasteiger partial charge in [-0.2, -0.15) is 0 Å². The second-order valence-electron chi connectivity index (χ2n) is 5.87. The Hall–Kier alpha value is -3.48. The normalized spacial score (nSPS) is 10.6. The minimum atomic E-state index is -0.377. The molecule has 1 heterocycles. The number of hydrogen-bond donors (Lipinski definition) is 0. The lowest BCUT2D eigenvalue weighted by molar-refractivity contribution is -0.134. The highest BCUT2D eigenvalue weighted by Crippen LogP contribution is 2.41. The Balaban J connectivity index is 2.11. The number of esters is 1. The molecule has 0 bridgehead atoms. The van der Waals surface area contributed by atoms with E-state index in [9.17, 15) is 9.59 Å². The smallest absolute Gasteiger partial charge is 0.310 e. The third kappa shape index (κ3) is 3.64. The summed E-state index contributed by atoms with van der Waals surface area (Å²) in [6.07, 6.45) is 0.243. The topological polar surface area (TPSA) is 84.2 Å². The second kappa shape index (κ2) is 8.04. The van der Waals surface area contributed by atoms with Crippen LogP contribution in [-0.2, 0) is 4.79 Å². The quantitative estimate of drug-likeness (QED) is 0.472. The summed E-state index contributed by atoms with van der Waals surface area (Å²) in [5, 5.41) is 0.317. The van der Waals surface area contributed by atoms with E-state index < -0.39 is 0 Å². The number of rotatable bonds is 6. The van der Waals surface area contributed by atoms with E-state index >= 15 is 0 Å². The molecule has 2 aromatic carbocycles. The van der Waals surface area contributed by atoms with Gasteiger partial charge in [-0.25, -0.2) is 0 Å². The Morgan fingerprint density at radius 1 is 0.964 bits per heavy atom. The van der Waals surface area contributed by atoms with Crippen LogP contribution >= 0.6 is 0 Å². The first-order valence-corrected chi connectivity index (χ1v) is 8.59. The summed E-state index contributed by atoms with van der Waals surface area (Å²) in [6.45, 7) is 1.70. The van der Waals surface area contributed by atoms with Crippen LogP contribution in [0.5, 0.6) is 23.0 Å². The molecule has 0 aliphatic heterocycles. The molecule has 0 saturated heterocycles. The molecule has 0 radical (unpaired) electrons. The van der Waals surface area contributed by atoms with E-state index in [0.717, 1.165) is 0 Å². The molecule has 0 N–H and O–H groups in total. The predicted molar refractivity (Wildman–Crippen MR) is 104 cm³/mol. The first-order chi connectivity index (χ1) is 13.5. The third-order valence-corrected chi connectivity index (χ3v) is 4.17. The van der Waals surface area contributed by atoms with Crippen molar-refractivity contribution in [3.63, 3.8) is 0 Å². The summed E-state index contributed by atoms with van der Waals surface area (Å²) in [7, 11) is 4.53. The van der Waals surface area contributed by atoms with Crippen molar-refractivity contribution in [3.8, 4) is 34.3 Å². The van der Waals surface area contributed by atoms with Crippen LogP contribution < -0.4 is 24.4 Å². The molecule has 3 rings (SSSR count). The minimum Gasteiger partial charge on any atom is -0.493 e. The van der Waals surface area contributed by atoms with E-state index in [-0.39, 0.29) is 17.8 Å². The van der Waals surface area contributed by atoms with Crippen molar-refractivity contribution in [1.82, 2.24) is 0 Å². The molecular formula is C21H20O7. The number of carbonyl (C=O) groups excluding carboxylic acids is 1. The SMILES string of the molecule is CCC(=O)Oc1ccc2oc(-c3cc(OC)c(OC)c(OC)c3)cc(=O)c2c1. The van der Waals surface area contributed by atoms with Gasteiger partial charge >= 0.3 is 5.97 Å². The summed E-state index contributed by atoms with van der Waals surface area (Å²) in [5.74, 6) is 1.60. The van der Waals surface area contributed by atoms with Crippen LogP contribution in [0.15, 0.2) is 45.6 Å². The molecule has 1 aromatic heterocycles. The molecular weight excluding hydrogens is 364 g/mol. The van der Waals surface area contributed by atoms with Crippen LogP contribution in [-0.4, -0.2) is 27.3 Å². The largest absolute Gasteiger partial charge is 0.493 e. The summed E-state index contributed by atoms with van der Waals surface area (Å²) >= 11 is 0. The molecule has 146 valence electrons. The van der Waals surface area contributed by atoms with Crippen LogP contribution in [0.1, 0.15) is 13.3 Å². The number of ether oxygens (including phenoxy) is 4. The molecule has 0 fully saturated rings. The lowest BCUT2D eigenvalue weighted by Gasteiger charge is -2.14. The molecule has 0 saturated carbocycles. The molecule has 3 aromatic rings. The first kappa shape index (κ1) is 19.3. The van der Waals surface area contributed by atoms with Crippen molar-refractivity contribution < 1.29 is 28.2 Å².